The van der Waals surface area contributed by atoms with Crippen molar-refractivity contribution in [2.24, 2.45) is 0 Å². The van der Waals surface area contributed by atoms with Crippen molar-refractivity contribution in [1.29, 1.82) is 0 Å². The fraction of sp³-hybridized carbons (Fsp3) is 0.429. The first-order valence-electron chi connectivity index (χ1n) is 9.17. The van der Waals surface area contributed by atoms with Gasteiger partial charge in [0.1, 0.15) is 12.4 Å². The standard InChI is InChI=1S/C21H26Cl2N2O/c1-24-11-13-25(14-12-24)10-4-6-17-5-2-7-18(15-17)26-16-19-20(22)8-3-9-21(19)23/h2-3,5,7-9,15H,4,6,10-14,16H2,1H3. The maximum Gasteiger partial charge on any atom is 0.120 e. The second-order valence-electron chi connectivity index (χ2n) is 6.88. The van der Waals surface area contributed by atoms with Gasteiger partial charge in [0.2, 0.25) is 0 Å². The van der Waals surface area contributed by atoms with Crippen LogP contribution >= 0.6 is 23.2 Å². The summed E-state index contributed by atoms with van der Waals surface area (Å²) in [4.78, 5) is 4.95. The normalized spacial score (nSPS) is 16.0. The van der Waals surface area contributed by atoms with Crippen LogP contribution in [0.5, 0.6) is 5.75 Å². The SMILES string of the molecule is CN1CCN(CCCc2cccc(OCc3c(Cl)cccc3Cl)c2)CC1. The first kappa shape index (κ1) is 19.5. The molecule has 1 saturated heterocycles. The Bertz CT molecular complexity index is 695. The van der Waals surface area contributed by atoms with Crippen molar-refractivity contribution >= 4 is 23.2 Å². The van der Waals surface area contributed by atoms with Gasteiger partial charge in [-0.2, -0.15) is 0 Å². The highest BCUT2D eigenvalue weighted by Crippen LogP contribution is 2.26. The topological polar surface area (TPSA) is 15.7 Å². The minimum absolute atomic E-state index is 0.378. The molecule has 140 valence electrons. The number of hydrogen-bond acceptors (Lipinski definition) is 3. The maximum atomic E-state index is 6.21. The van der Waals surface area contributed by atoms with E-state index in [0.29, 0.717) is 16.7 Å². The molecule has 5 heteroatoms. The minimum atomic E-state index is 0.378. The van der Waals surface area contributed by atoms with E-state index in [9.17, 15) is 0 Å². The van der Waals surface area contributed by atoms with E-state index in [1.54, 1.807) is 0 Å². The van der Waals surface area contributed by atoms with E-state index < -0.39 is 0 Å². The molecule has 0 atom stereocenters. The summed E-state index contributed by atoms with van der Waals surface area (Å²) in [5.74, 6) is 0.859. The molecule has 0 bridgehead atoms. The first-order chi connectivity index (χ1) is 12.6. The highest BCUT2D eigenvalue weighted by Gasteiger charge is 2.13. The van der Waals surface area contributed by atoms with E-state index in [1.807, 2.05) is 24.3 Å². The van der Waals surface area contributed by atoms with Crippen molar-refractivity contribution in [2.45, 2.75) is 19.4 Å². The molecular weight excluding hydrogens is 367 g/mol. The molecule has 0 amide bonds. The zero-order chi connectivity index (χ0) is 18.4. The van der Waals surface area contributed by atoms with E-state index in [4.69, 9.17) is 27.9 Å². The molecule has 26 heavy (non-hydrogen) atoms. The fourth-order valence-corrected chi connectivity index (χ4v) is 3.70. The van der Waals surface area contributed by atoms with Crippen LogP contribution in [0.2, 0.25) is 10.0 Å². The van der Waals surface area contributed by atoms with Crippen LogP contribution in [0.15, 0.2) is 42.5 Å². The Kier molecular flexibility index (Phi) is 7.21. The molecule has 1 aliphatic rings. The molecule has 3 rings (SSSR count). The Labute approximate surface area is 166 Å². The predicted molar refractivity (Wildman–Crippen MR) is 109 cm³/mol. The van der Waals surface area contributed by atoms with Crippen LogP contribution in [-0.2, 0) is 13.0 Å². The van der Waals surface area contributed by atoms with Gasteiger partial charge >= 0.3 is 0 Å². The van der Waals surface area contributed by atoms with E-state index in [1.165, 1.54) is 38.2 Å². The Morgan fingerprint density at radius 1 is 0.962 bits per heavy atom. The van der Waals surface area contributed by atoms with Gasteiger partial charge < -0.3 is 14.5 Å². The quantitative estimate of drug-likeness (QED) is 0.675. The second kappa shape index (κ2) is 9.61. The third-order valence-corrected chi connectivity index (χ3v) is 5.59. The zero-order valence-corrected chi connectivity index (χ0v) is 16.8. The highest BCUT2D eigenvalue weighted by atomic mass is 35.5. The summed E-state index contributed by atoms with van der Waals surface area (Å²) in [6.07, 6.45) is 2.24. The molecule has 0 unspecified atom stereocenters. The third kappa shape index (κ3) is 5.62. The van der Waals surface area contributed by atoms with Crippen LogP contribution in [0.1, 0.15) is 17.5 Å². The second-order valence-corrected chi connectivity index (χ2v) is 7.70. The lowest BCUT2D eigenvalue weighted by Gasteiger charge is -2.32. The van der Waals surface area contributed by atoms with Crippen molar-refractivity contribution in [3.05, 3.63) is 63.6 Å². The molecule has 0 spiro atoms. The molecule has 3 nitrogen and oxygen atoms in total. The smallest absolute Gasteiger partial charge is 0.120 e. The number of halogens is 2. The number of benzene rings is 2. The van der Waals surface area contributed by atoms with E-state index in [-0.39, 0.29) is 0 Å². The average molecular weight is 393 g/mol. The molecule has 0 N–H and O–H groups in total. The van der Waals surface area contributed by atoms with Crippen molar-refractivity contribution in [2.75, 3.05) is 39.8 Å². The zero-order valence-electron chi connectivity index (χ0n) is 15.3. The van der Waals surface area contributed by atoms with E-state index in [2.05, 4.69) is 35.0 Å². The van der Waals surface area contributed by atoms with Gasteiger partial charge in [0, 0.05) is 41.8 Å². The Morgan fingerprint density at radius 3 is 2.38 bits per heavy atom. The van der Waals surface area contributed by atoms with E-state index >= 15 is 0 Å². The number of piperazine rings is 1. The number of ether oxygens (including phenoxy) is 1. The van der Waals surface area contributed by atoms with Gasteiger partial charge in [0.15, 0.2) is 0 Å². The van der Waals surface area contributed by atoms with Gasteiger partial charge in [-0.3, -0.25) is 0 Å². The molecule has 0 saturated carbocycles. The summed E-state index contributed by atoms with van der Waals surface area (Å²) in [5.41, 5.74) is 2.14. The van der Waals surface area contributed by atoms with Gasteiger partial charge in [0.25, 0.3) is 0 Å². The van der Waals surface area contributed by atoms with Gasteiger partial charge in [0.05, 0.1) is 0 Å². The number of nitrogens with zero attached hydrogens (tertiary/aromatic N) is 2. The first-order valence-corrected chi connectivity index (χ1v) is 9.93. The van der Waals surface area contributed by atoms with Crippen LogP contribution < -0.4 is 4.74 Å². The fourth-order valence-electron chi connectivity index (χ4n) is 3.19. The van der Waals surface area contributed by atoms with Crippen LogP contribution in [-0.4, -0.2) is 49.6 Å². The van der Waals surface area contributed by atoms with Crippen LogP contribution in [0.4, 0.5) is 0 Å². The lowest BCUT2D eigenvalue weighted by atomic mass is 10.1. The van der Waals surface area contributed by atoms with Crippen molar-refractivity contribution in [1.82, 2.24) is 9.80 Å². The highest BCUT2D eigenvalue weighted by molar-refractivity contribution is 6.35. The van der Waals surface area contributed by atoms with Crippen molar-refractivity contribution in [3.8, 4) is 5.75 Å². The van der Waals surface area contributed by atoms with Crippen molar-refractivity contribution in [3.63, 3.8) is 0 Å². The summed E-state index contributed by atoms with van der Waals surface area (Å²) in [6, 6.07) is 13.8. The number of rotatable bonds is 7. The Morgan fingerprint density at radius 2 is 1.65 bits per heavy atom. The minimum Gasteiger partial charge on any atom is -0.489 e. The molecule has 2 aromatic carbocycles. The molecule has 1 fully saturated rings. The summed E-state index contributed by atoms with van der Waals surface area (Å²) in [5, 5.41) is 1.28. The van der Waals surface area contributed by atoms with Gasteiger partial charge in [-0.05, 0) is 56.3 Å². The van der Waals surface area contributed by atoms with Gasteiger partial charge in [-0.1, -0.05) is 41.4 Å². The van der Waals surface area contributed by atoms with Crippen LogP contribution in [0.25, 0.3) is 0 Å². The van der Waals surface area contributed by atoms with Gasteiger partial charge in [-0.15, -0.1) is 0 Å². The largest absolute Gasteiger partial charge is 0.489 e. The monoisotopic (exact) mass is 392 g/mol. The number of aryl methyl sites for hydroxylation is 1. The summed E-state index contributed by atoms with van der Waals surface area (Å²) in [7, 11) is 2.19. The number of likely N-dealkylation sites (N-methyl/N-ethyl adjacent to an activating group) is 1. The summed E-state index contributed by atoms with van der Waals surface area (Å²) in [6.45, 7) is 6.25. The molecule has 0 radical (unpaired) electrons. The Hall–Kier alpha value is -1.26. The molecule has 1 heterocycles. The third-order valence-electron chi connectivity index (χ3n) is 4.88. The molecular formula is C21H26Cl2N2O. The van der Waals surface area contributed by atoms with Crippen molar-refractivity contribution < 1.29 is 4.74 Å². The average Bonchev–Trinajstić information content (AvgIpc) is 2.63. The lowest BCUT2D eigenvalue weighted by molar-refractivity contribution is 0.153. The molecule has 0 aliphatic carbocycles. The van der Waals surface area contributed by atoms with E-state index in [0.717, 1.165) is 24.3 Å². The predicted octanol–water partition coefficient (Wildman–Crippen LogP) is 4.75. The lowest BCUT2D eigenvalue weighted by Crippen LogP contribution is -2.44. The molecule has 0 aromatic heterocycles. The Balaban J connectivity index is 1.48. The summed E-state index contributed by atoms with van der Waals surface area (Å²) < 4.78 is 5.92. The van der Waals surface area contributed by atoms with Gasteiger partial charge in [-0.25, -0.2) is 0 Å². The van der Waals surface area contributed by atoms with Crippen LogP contribution in [0.3, 0.4) is 0 Å². The summed E-state index contributed by atoms with van der Waals surface area (Å²) >= 11 is 12.4. The molecule has 1 aliphatic heterocycles. The molecule has 2 aromatic rings. The van der Waals surface area contributed by atoms with Crippen LogP contribution in [0, 0.1) is 0 Å². The number of hydrogen-bond donors (Lipinski definition) is 0. The maximum absolute atomic E-state index is 6.21.